The maximum absolute atomic E-state index is 12.3. The first-order chi connectivity index (χ1) is 12.9. The van der Waals surface area contributed by atoms with Gasteiger partial charge in [-0.3, -0.25) is 5.32 Å². The number of rotatable bonds is 7. The first kappa shape index (κ1) is 20.9. The molecular formula is C19H18BrNO5S. The van der Waals surface area contributed by atoms with Crippen LogP contribution < -0.4 is 5.32 Å². The molecule has 2 aromatic rings. The highest BCUT2D eigenvalue weighted by molar-refractivity contribution is 9.10. The lowest BCUT2D eigenvalue weighted by Crippen LogP contribution is -2.17. The molecule has 142 valence electrons. The van der Waals surface area contributed by atoms with Crippen molar-refractivity contribution in [2.45, 2.75) is 17.4 Å². The number of carboxylic acids is 1. The standard InChI is InChI=1S/C19H18BrNO5S/c1-27-14-8-6-13(7-9-14)21-19(25)26-17(3-2-4-18(23)24)15-11-12(20)5-10-16(15)22/h2,4-11,17,22H,3H2,1H3,(H,21,25)(H,23,24)/b4-2+/t17-/m1/s1. The molecule has 0 aliphatic carbocycles. The second-order valence-corrected chi connectivity index (χ2v) is 7.22. The molecule has 2 aromatic carbocycles. The van der Waals surface area contributed by atoms with Crippen molar-refractivity contribution in [1.29, 1.82) is 0 Å². The molecular weight excluding hydrogens is 434 g/mol. The molecule has 0 aliphatic rings. The van der Waals surface area contributed by atoms with Crippen LogP contribution in [-0.4, -0.2) is 28.5 Å². The molecule has 2 rings (SSSR count). The van der Waals surface area contributed by atoms with Gasteiger partial charge < -0.3 is 14.9 Å². The maximum atomic E-state index is 12.3. The molecule has 27 heavy (non-hydrogen) atoms. The molecule has 0 fully saturated rings. The summed E-state index contributed by atoms with van der Waals surface area (Å²) >= 11 is 4.90. The van der Waals surface area contributed by atoms with Gasteiger partial charge in [0.05, 0.1) is 0 Å². The van der Waals surface area contributed by atoms with E-state index in [4.69, 9.17) is 9.84 Å². The molecule has 8 heteroatoms. The average molecular weight is 452 g/mol. The number of halogens is 1. The van der Waals surface area contributed by atoms with Crippen molar-refractivity contribution in [3.8, 4) is 5.75 Å². The number of phenolic OH excluding ortho intramolecular Hbond substituents is 1. The smallest absolute Gasteiger partial charge is 0.412 e. The fourth-order valence-corrected chi connectivity index (χ4v) is 3.05. The normalized spacial score (nSPS) is 11.9. The van der Waals surface area contributed by atoms with Gasteiger partial charge in [-0.15, -0.1) is 11.8 Å². The molecule has 0 spiro atoms. The van der Waals surface area contributed by atoms with Crippen molar-refractivity contribution in [2.75, 3.05) is 11.6 Å². The fourth-order valence-electron chi connectivity index (χ4n) is 2.27. The fraction of sp³-hybridized carbons (Fsp3) is 0.158. The lowest BCUT2D eigenvalue weighted by molar-refractivity contribution is -0.131. The number of benzene rings is 2. The van der Waals surface area contributed by atoms with Crippen LogP contribution in [0.4, 0.5) is 10.5 Å². The summed E-state index contributed by atoms with van der Waals surface area (Å²) in [7, 11) is 0. The maximum Gasteiger partial charge on any atom is 0.412 e. The number of nitrogens with one attached hydrogen (secondary N) is 1. The van der Waals surface area contributed by atoms with Crippen molar-refractivity contribution in [2.24, 2.45) is 0 Å². The van der Waals surface area contributed by atoms with E-state index in [1.54, 1.807) is 36.0 Å². The third-order valence-electron chi connectivity index (χ3n) is 3.53. The van der Waals surface area contributed by atoms with Gasteiger partial charge in [0.1, 0.15) is 11.9 Å². The van der Waals surface area contributed by atoms with Crippen LogP contribution in [0.25, 0.3) is 0 Å². The summed E-state index contributed by atoms with van der Waals surface area (Å²) in [6.45, 7) is 0. The summed E-state index contributed by atoms with van der Waals surface area (Å²) in [5.41, 5.74) is 0.934. The van der Waals surface area contributed by atoms with Gasteiger partial charge in [-0.2, -0.15) is 0 Å². The second-order valence-electron chi connectivity index (χ2n) is 5.43. The number of carboxylic acid groups (broad SMARTS) is 1. The third kappa shape index (κ3) is 6.65. The van der Waals surface area contributed by atoms with E-state index >= 15 is 0 Å². The van der Waals surface area contributed by atoms with Gasteiger partial charge in [0.15, 0.2) is 0 Å². The van der Waals surface area contributed by atoms with Gasteiger partial charge in [-0.05, 0) is 48.7 Å². The van der Waals surface area contributed by atoms with Crippen LogP contribution in [0, 0.1) is 0 Å². The van der Waals surface area contributed by atoms with E-state index in [2.05, 4.69) is 21.2 Å². The van der Waals surface area contributed by atoms with E-state index in [1.807, 2.05) is 18.4 Å². The van der Waals surface area contributed by atoms with E-state index in [9.17, 15) is 14.7 Å². The Labute approximate surface area is 169 Å². The molecule has 0 unspecified atom stereocenters. The van der Waals surface area contributed by atoms with Gasteiger partial charge in [-0.1, -0.05) is 22.0 Å². The molecule has 0 radical (unpaired) electrons. The SMILES string of the molecule is CSc1ccc(NC(=O)O[C@H](C/C=C/C(=O)O)c2cc(Br)ccc2O)cc1. The van der Waals surface area contributed by atoms with E-state index in [-0.39, 0.29) is 12.2 Å². The van der Waals surface area contributed by atoms with Crippen LogP contribution in [0.5, 0.6) is 5.75 Å². The number of carbonyl (C=O) groups excluding carboxylic acids is 1. The number of aliphatic carboxylic acids is 1. The van der Waals surface area contributed by atoms with Gasteiger partial charge in [0.2, 0.25) is 0 Å². The Kier molecular flexibility index (Phi) is 7.75. The van der Waals surface area contributed by atoms with Gasteiger partial charge in [-0.25, -0.2) is 9.59 Å². The zero-order chi connectivity index (χ0) is 19.8. The summed E-state index contributed by atoms with van der Waals surface area (Å²) < 4.78 is 6.13. The van der Waals surface area contributed by atoms with Crippen LogP contribution in [0.3, 0.4) is 0 Å². The van der Waals surface area contributed by atoms with Crippen molar-refractivity contribution in [3.05, 3.63) is 64.7 Å². The zero-order valence-corrected chi connectivity index (χ0v) is 16.8. The van der Waals surface area contributed by atoms with Crippen molar-refractivity contribution < 1.29 is 24.5 Å². The molecule has 3 N–H and O–H groups in total. The highest BCUT2D eigenvalue weighted by atomic mass is 79.9. The summed E-state index contributed by atoms with van der Waals surface area (Å²) in [5.74, 6) is -1.16. The first-order valence-corrected chi connectivity index (χ1v) is 9.90. The van der Waals surface area contributed by atoms with Gasteiger partial charge >= 0.3 is 12.1 Å². The number of hydrogen-bond acceptors (Lipinski definition) is 5. The largest absolute Gasteiger partial charge is 0.508 e. The van der Waals surface area contributed by atoms with Crippen LogP contribution in [0.2, 0.25) is 0 Å². The minimum atomic E-state index is -1.11. The quantitative estimate of drug-likeness (QED) is 0.395. The molecule has 0 aliphatic heterocycles. The lowest BCUT2D eigenvalue weighted by Gasteiger charge is -2.19. The Balaban J connectivity index is 2.15. The number of ether oxygens (including phenoxy) is 1. The highest BCUT2D eigenvalue weighted by Crippen LogP contribution is 2.32. The topological polar surface area (TPSA) is 95.9 Å². The first-order valence-electron chi connectivity index (χ1n) is 7.88. The number of phenols is 1. The molecule has 0 saturated carbocycles. The highest BCUT2D eigenvalue weighted by Gasteiger charge is 2.20. The Morgan fingerprint density at radius 3 is 2.59 bits per heavy atom. The van der Waals surface area contributed by atoms with E-state index in [0.717, 1.165) is 11.0 Å². The minimum Gasteiger partial charge on any atom is -0.508 e. The van der Waals surface area contributed by atoms with Crippen LogP contribution >= 0.6 is 27.7 Å². The molecule has 0 bridgehead atoms. The summed E-state index contributed by atoms with van der Waals surface area (Å²) in [4.78, 5) is 24.0. The monoisotopic (exact) mass is 451 g/mol. The zero-order valence-electron chi connectivity index (χ0n) is 14.4. The van der Waals surface area contributed by atoms with Crippen molar-refractivity contribution in [3.63, 3.8) is 0 Å². The summed E-state index contributed by atoms with van der Waals surface area (Å²) in [6, 6.07) is 12.0. The van der Waals surface area contributed by atoms with Crippen LogP contribution in [0.15, 0.2) is 64.0 Å². The molecule has 1 amide bonds. The molecule has 0 heterocycles. The van der Waals surface area contributed by atoms with Crippen molar-refractivity contribution >= 4 is 45.4 Å². The van der Waals surface area contributed by atoms with Gasteiger partial charge in [0.25, 0.3) is 0 Å². The summed E-state index contributed by atoms with van der Waals surface area (Å²) in [6.07, 6.45) is 2.81. The predicted octanol–water partition coefficient (Wildman–Crippen LogP) is 5.20. The number of anilines is 1. The van der Waals surface area contributed by atoms with Crippen molar-refractivity contribution in [1.82, 2.24) is 0 Å². The van der Waals surface area contributed by atoms with E-state index in [0.29, 0.717) is 15.7 Å². The molecule has 6 nitrogen and oxygen atoms in total. The molecule has 0 saturated heterocycles. The number of amides is 1. The predicted molar refractivity (Wildman–Crippen MR) is 108 cm³/mol. The number of carbonyl (C=O) groups is 2. The molecule has 0 aromatic heterocycles. The van der Waals surface area contributed by atoms with Crippen LogP contribution in [-0.2, 0) is 9.53 Å². The Morgan fingerprint density at radius 1 is 1.26 bits per heavy atom. The van der Waals surface area contributed by atoms with E-state index < -0.39 is 18.2 Å². The Hall–Kier alpha value is -2.45. The lowest BCUT2D eigenvalue weighted by atomic mass is 10.1. The molecule has 1 atom stereocenters. The number of hydrogen-bond donors (Lipinski definition) is 3. The second kappa shape index (κ2) is 10.0. The van der Waals surface area contributed by atoms with E-state index in [1.165, 1.54) is 12.1 Å². The summed E-state index contributed by atoms with van der Waals surface area (Å²) in [5, 5.41) is 21.5. The minimum absolute atomic E-state index is 0.0518. The Bertz CT molecular complexity index is 838. The third-order valence-corrected chi connectivity index (χ3v) is 4.77. The number of thioether (sulfide) groups is 1. The Morgan fingerprint density at radius 2 is 1.96 bits per heavy atom. The average Bonchev–Trinajstić information content (AvgIpc) is 2.63. The van der Waals surface area contributed by atoms with Gasteiger partial charge in [0, 0.05) is 33.1 Å². The number of aromatic hydroxyl groups is 1. The van der Waals surface area contributed by atoms with Crippen LogP contribution in [0.1, 0.15) is 18.1 Å².